The van der Waals surface area contributed by atoms with Gasteiger partial charge in [-0.3, -0.25) is 4.79 Å². The van der Waals surface area contributed by atoms with Crippen LogP contribution >= 0.6 is 23.2 Å². The van der Waals surface area contributed by atoms with Gasteiger partial charge >= 0.3 is 10.1 Å². The molecule has 0 aliphatic rings. The number of carbonyl (C=O) groups excluding carboxylic acids is 1. The zero-order valence-corrected chi connectivity index (χ0v) is 18.1. The van der Waals surface area contributed by atoms with E-state index in [0.29, 0.717) is 16.3 Å². The number of amides is 1. The lowest BCUT2D eigenvalue weighted by Crippen LogP contribution is -2.13. The second-order valence-corrected chi connectivity index (χ2v) is 8.56. The van der Waals surface area contributed by atoms with Crippen LogP contribution < -0.4 is 9.50 Å². The lowest BCUT2D eigenvalue weighted by molar-refractivity contribution is -0.112. The Kier molecular flexibility index (Phi) is 6.98. The number of nitriles is 1. The third-order valence-electron chi connectivity index (χ3n) is 3.97. The molecule has 0 fully saturated rings. The summed E-state index contributed by atoms with van der Waals surface area (Å²) in [6.07, 6.45) is 1.33. The highest BCUT2D eigenvalue weighted by molar-refractivity contribution is 7.87. The Morgan fingerprint density at radius 3 is 2.29 bits per heavy atom. The summed E-state index contributed by atoms with van der Waals surface area (Å²) in [7, 11) is -4.12. The van der Waals surface area contributed by atoms with Gasteiger partial charge in [0.25, 0.3) is 5.91 Å². The van der Waals surface area contributed by atoms with Crippen LogP contribution in [0.5, 0.6) is 5.75 Å². The molecule has 0 spiro atoms. The van der Waals surface area contributed by atoms with Gasteiger partial charge < -0.3 is 9.50 Å². The number of nitrogens with one attached hydrogen (secondary N) is 1. The zero-order chi connectivity index (χ0) is 22.4. The van der Waals surface area contributed by atoms with Crippen molar-refractivity contribution in [1.29, 1.82) is 5.26 Å². The van der Waals surface area contributed by atoms with E-state index in [1.807, 2.05) is 6.07 Å². The first-order valence-corrected chi connectivity index (χ1v) is 10.9. The molecule has 0 radical (unpaired) electrons. The minimum atomic E-state index is -4.12. The number of rotatable bonds is 6. The van der Waals surface area contributed by atoms with Crippen LogP contribution in [0.4, 0.5) is 5.69 Å². The van der Waals surface area contributed by atoms with Gasteiger partial charge in [-0.1, -0.05) is 47.5 Å². The van der Waals surface area contributed by atoms with Crippen molar-refractivity contribution in [2.45, 2.75) is 4.90 Å². The normalized spacial score (nSPS) is 11.5. The number of benzene rings is 3. The third kappa shape index (κ3) is 5.86. The molecule has 0 aromatic heterocycles. The first-order chi connectivity index (χ1) is 14.8. The van der Waals surface area contributed by atoms with Gasteiger partial charge in [-0.2, -0.15) is 13.7 Å². The minimum Gasteiger partial charge on any atom is -0.377 e. The molecule has 0 aliphatic carbocycles. The first-order valence-electron chi connectivity index (χ1n) is 8.76. The van der Waals surface area contributed by atoms with Crippen molar-refractivity contribution < 1.29 is 17.4 Å². The number of carbonyl (C=O) groups is 1. The van der Waals surface area contributed by atoms with Gasteiger partial charge in [0, 0.05) is 10.7 Å². The van der Waals surface area contributed by atoms with Gasteiger partial charge in [-0.15, -0.1) is 0 Å². The van der Waals surface area contributed by atoms with Crippen LogP contribution in [0.3, 0.4) is 0 Å². The number of hydrogen-bond donors (Lipinski definition) is 1. The topological polar surface area (TPSA) is 96.3 Å². The number of halogens is 2. The molecule has 9 heteroatoms. The molecule has 31 heavy (non-hydrogen) atoms. The summed E-state index contributed by atoms with van der Waals surface area (Å²) in [6.45, 7) is 0. The first kappa shape index (κ1) is 22.4. The Morgan fingerprint density at radius 2 is 1.68 bits per heavy atom. The van der Waals surface area contributed by atoms with Crippen molar-refractivity contribution in [1.82, 2.24) is 0 Å². The predicted octanol–water partition coefficient (Wildman–Crippen LogP) is 5.31. The van der Waals surface area contributed by atoms with Crippen LogP contribution in [0.15, 0.2) is 83.3 Å². The SMILES string of the molecule is N#C/C(=C\c1ccc(OS(=O)(=O)c2ccc(Cl)cc2)c(Cl)c1)C(=O)Nc1ccccc1. The standard InChI is InChI=1S/C22H14Cl2N2O4S/c23-17-7-9-19(10-8-17)31(28,29)30-21-11-6-15(13-20(21)24)12-16(14-25)22(27)26-18-4-2-1-3-5-18/h1-13H,(H,26,27)/b16-12+. The molecule has 0 unspecified atom stereocenters. The largest absolute Gasteiger partial charge is 0.377 e. The molecule has 0 bridgehead atoms. The molecule has 0 atom stereocenters. The fourth-order valence-corrected chi connectivity index (χ4v) is 3.82. The molecule has 0 heterocycles. The van der Waals surface area contributed by atoms with Gasteiger partial charge in [0.15, 0.2) is 5.75 Å². The quantitative estimate of drug-likeness (QED) is 0.298. The average molecular weight is 473 g/mol. The van der Waals surface area contributed by atoms with E-state index >= 15 is 0 Å². The number of para-hydroxylation sites is 1. The van der Waals surface area contributed by atoms with Crippen molar-refractivity contribution in [3.05, 3.63) is 94.0 Å². The van der Waals surface area contributed by atoms with Gasteiger partial charge in [0.05, 0.1) is 5.02 Å². The van der Waals surface area contributed by atoms with Crippen LogP contribution in [0.25, 0.3) is 6.08 Å². The fourth-order valence-electron chi connectivity index (χ4n) is 2.48. The number of hydrogen-bond acceptors (Lipinski definition) is 5. The molecule has 3 aromatic rings. The van der Waals surface area contributed by atoms with Crippen molar-refractivity contribution in [2.75, 3.05) is 5.32 Å². The van der Waals surface area contributed by atoms with E-state index < -0.39 is 16.0 Å². The molecule has 156 valence electrons. The molecule has 3 rings (SSSR count). The Balaban J connectivity index is 1.80. The number of anilines is 1. The molecule has 6 nitrogen and oxygen atoms in total. The van der Waals surface area contributed by atoms with E-state index in [4.69, 9.17) is 27.4 Å². The molecular weight excluding hydrogens is 459 g/mol. The molecule has 1 amide bonds. The maximum atomic E-state index is 12.4. The third-order valence-corrected chi connectivity index (χ3v) is 5.76. The van der Waals surface area contributed by atoms with E-state index in [1.165, 1.54) is 48.5 Å². The highest BCUT2D eigenvalue weighted by Gasteiger charge is 2.18. The van der Waals surface area contributed by atoms with Crippen molar-refractivity contribution in [2.24, 2.45) is 0 Å². The van der Waals surface area contributed by atoms with Gasteiger partial charge in [-0.05, 0) is 60.2 Å². The lowest BCUT2D eigenvalue weighted by atomic mass is 10.1. The molecule has 1 N–H and O–H groups in total. The smallest absolute Gasteiger partial charge is 0.339 e. The summed E-state index contributed by atoms with van der Waals surface area (Å²) in [6, 6.07) is 20.2. The maximum absolute atomic E-state index is 12.4. The van der Waals surface area contributed by atoms with E-state index in [9.17, 15) is 18.5 Å². The minimum absolute atomic E-state index is 0.00736. The van der Waals surface area contributed by atoms with Crippen LogP contribution in [0.1, 0.15) is 5.56 Å². The van der Waals surface area contributed by atoms with Crippen LogP contribution in [-0.2, 0) is 14.9 Å². The Morgan fingerprint density at radius 1 is 1.00 bits per heavy atom. The summed E-state index contributed by atoms with van der Waals surface area (Å²) in [5.41, 5.74) is 0.811. The van der Waals surface area contributed by atoms with E-state index in [0.717, 1.165) is 0 Å². The van der Waals surface area contributed by atoms with Crippen molar-refractivity contribution in [3.8, 4) is 11.8 Å². The highest BCUT2D eigenvalue weighted by atomic mass is 35.5. The Bertz CT molecular complexity index is 1280. The second kappa shape index (κ2) is 9.67. The fraction of sp³-hybridized carbons (Fsp3) is 0. The lowest BCUT2D eigenvalue weighted by Gasteiger charge is -2.09. The summed E-state index contributed by atoms with van der Waals surface area (Å²) >= 11 is 11.9. The van der Waals surface area contributed by atoms with Crippen molar-refractivity contribution in [3.63, 3.8) is 0 Å². The van der Waals surface area contributed by atoms with E-state index in [-0.39, 0.29) is 21.2 Å². The van der Waals surface area contributed by atoms with Gasteiger partial charge in [-0.25, -0.2) is 0 Å². The van der Waals surface area contributed by atoms with Gasteiger partial charge in [0.1, 0.15) is 16.5 Å². The molecule has 0 saturated heterocycles. The van der Waals surface area contributed by atoms with Crippen LogP contribution in [0, 0.1) is 11.3 Å². The summed E-state index contributed by atoms with van der Waals surface area (Å²) < 4.78 is 29.9. The molecular formula is C22H14Cl2N2O4S. The molecule has 3 aromatic carbocycles. The van der Waals surface area contributed by atoms with Crippen LogP contribution in [0.2, 0.25) is 10.0 Å². The summed E-state index contributed by atoms with van der Waals surface area (Å²) in [5, 5.41) is 12.3. The zero-order valence-electron chi connectivity index (χ0n) is 15.7. The summed E-state index contributed by atoms with van der Waals surface area (Å²) in [4.78, 5) is 12.2. The van der Waals surface area contributed by atoms with Crippen LogP contribution in [-0.4, -0.2) is 14.3 Å². The maximum Gasteiger partial charge on any atom is 0.339 e. The predicted molar refractivity (Wildman–Crippen MR) is 119 cm³/mol. The number of nitrogens with zero attached hydrogens (tertiary/aromatic N) is 1. The monoisotopic (exact) mass is 472 g/mol. The Hall–Kier alpha value is -3.31. The molecule has 0 aliphatic heterocycles. The van der Waals surface area contributed by atoms with Crippen molar-refractivity contribution >= 4 is 51.0 Å². The van der Waals surface area contributed by atoms with Gasteiger partial charge in [0.2, 0.25) is 0 Å². The average Bonchev–Trinajstić information content (AvgIpc) is 2.74. The summed E-state index contributed by atoms with van der Waals surface area (Å²) in [5.74, 6) is -0.684. The Labute approximate surface area is 189 Å². The van der Waals surface area contributed by atoms with E-state index in [2.05, 4.69) is 5.32 Å². The second-order valence-electron chi connectivity index (χ2n) is 6.17. The van der Waals surface area contributed by atoms with E-state index in [1.54, 1.807) is 30.3 Å². The molecule has 0 saturated carbocycles. The highest BCUT2D eigenvalue weighted by Crippen LogP contribution is 2.29.